The average molecular weight is 194 g/mol. The number of carboxylic acids is 1. The Morgan fingerprint density at radius 3 is 2.86 bits per heavy atom. The van der Waals surface area contributed by atoms with E-state index in [1.807, 2.05) is 0 Å². The van der Waals surface area contributed by atoms with Gasteiger partial charge in [0, 0.05) is 11.5 Å². The maximum Gasteiger partial charge on any atom is 0.339 e. The second-order valence-corrected chi connectivity index (χ2v) is 2.98. The van der Waals surface area contributed by atoms with E-state index in [0.717, 1.165) is 0 Å². The summed E-state index contributed by atoms with van der Waals surface area (Å²) >= 11 is 0. The lowest BCUT2D eigenvalue weighted by molar-refractivity contribution is 0.0697. The molecule has 4 heteroatoms. The topological polar surface area (TPSA) is 50.4 Å². The third kappa shape index (κ3) is 1.16. The van der Waals surface area contributed by atoms with Gasteiger partial charge in [0.15, 0.2) is 0 Å². The molecule has 1 N–H and O–H groups in total. The molecule has 0 radical (unpaired) electrons. The molecule has 72 valence electrons. The zero-order valence-electron chi connectivity index (χ0n) is 7.37. The van der Waals surface area contributed by atoms with Crippen LogP contribution in [0.15, 0.2) is 22.6 Å². The van der Waals surface area contributed by atoms with Crippen molar-refractivity contribution in [3.05, 3.63) is 35.3 Å². The maximum absolute atomic E-state index is 12.8. The molecule has 0 atom stereocenters. The number of rotatable bonds is 1. The molecule has 1 heterocycles. The first-order valence-corrected chi connectivity index (χ1v) is 4.01. The van der Waals surface area contributed by atoms with Crippen LogP contribution in [-0.4, -0.2) is 11.1 Å². The van der Waals surface area contributed by atoms with Crippen LogP contribution in [0.1, 0.15) is 16.1 Å². The van der Waals surface area contributed by atoms with Crippen molar-refractivity contribution in [3.63, 3.8) is 0 Å². The first-order valence-electron chi connectivity index (χ1n) is 4.01. The Morgan fingerprint density at radius 1 is 1.50 bits per heavy atom. The summed E-state index contributed by atoms with van der Waals surface area (Å²) in [6.45, 7) is 1.54. The largest absolute Gasteiger partial charge is 0.478 e. The Hall–Kier alpha value is -1.84. The standard InChI is InChI=1S/C10H7FO3/c1-5-9(10(12)13)7-3-2-6(11)4-8(7)14-5/h2-4H,1H3,(H,12,13). The number of benzene rings is 1. The molecule has 14 heavy (non-hydrogen) atoms. The highest BCUT2D eigenvalue weighted by molar-refractivity contribution is 6.03. The summed E-state index contributed by atoms with van der Waals surface area (Å²) in [5, 5.41) is 9.30. The summed E-state index contributed by atoms with van der Waals surface area (Å²) in [4.78, 5) is 10.8. The fourth-order valence-corrected chi connectivity index (χ4v) is 1.46. The minimum Gasteiger partial charge on any atom is -0.478 e. The zero-order chi connectivity index (χ0) is 10.3. The lowest BCUT2D eigenvalue weighted by Gasteiger charge is -1.90. The molecule has 0 aliphatic heterocycles. The molecule has 0 aliphatic rings. The Kier molecular flexibility index (Phi) is 1.77. The van der Waals surface area contributed by atoms with Gasteiger partial charge in [-0.25, -0.2) is 9.18 Å². The molecular weight excluding hydrogens is 187 g/mol. The van der Waals surface area contributed by atoms with Gasteiger partial charge in [-0.3, -0.25) is 0 Å². The van der Waals surface area contributed by atoms with Crippen LogP contribution in [0.5, 0.6) is 0 Å². The Morgan fingerprint density at radius 2 is 2.21 bits per heavy atom. The molecule has 0 amide bonds. The molecule has 1 aromatic carbocycles. The highest BCUT2D eigenvalue weighted by atomic mass is 19.1. The predicted molar refractivity (Wildman–Crippen MR) is 47.9 cm³/mol. The highest BCUT2D eigenvalue weighted by Crippen LogP contribution is 2.25. The molecule has 0 aliphatic carbocycles. The zero-order valence-corrected chi connectivity index (χ0v) is 7.37. The average Bonchev–Trinajstić information content (AvgIpc) is 2.39. The Bertz CT molecular complexity index is 513. The number of carboxylic acid groups (broad SMARTS) is 1. The number of furan rings is 1. The number of carbonyl (C=O) groups is 1. The van der Waals surface area contributed by atoms with Gasteiger partial charge in [-0.1, -0.05) is 0 Å². The molecule has 0 saturated heterocycles. The van der Waals surface area contributed by atoms with Gasteiger partial charge in [-0.05, 0) is 19.1 Å². The normalized spacial score (nSPS) is 10.7. The number of hydrogen-bond acceptors (Lipinski definition) is 2. The summed E-state index contributed by atoms with van der Waals surface area (Å²) < 4.78 is 17.9. The molecule has 3 nitrogen and oxygen atoms in total. The van der Waals surface area contributed by atoms with Crippen molar-refractivity contribution in [2.24, 2.45) is 0 Å². The van der Waals surface area contributed by atoms with E-state index in [1.165, 1.54) is 18.2 Å². The van der Waals surface area contributed by atoms with E-state index < -0.39 is 11.8 Å². The molecule has 0 unspecified atom stereocenters. The van der Waals surface area contributed by atoms with Gasteiger partial charge in [0.1, 0.15) is 22.7 Å². The van der Waals surface area contributed by atoms with E-state index in [1.54, 1.807) is 6.92 Å². The Labute approximate surface area is 78.8 Å². The van der Waals surface area contributed by atoms with Crippen LogP contribution in [0.25, 0.3) is 11.0 Å². The fraction of sp³-hybridized carbons (Fsp3) is 0.100. The SMILES string of the molecule is Cc1oc2cc(F)ccc2c1C(=O)O. The van der Waals surface area contributed by atoms with Gasteiger partial charge < -0.3 is 9.52 Å². The molecule has 2 rings (SSSR count). The quantitative estimate of drug-likeness (QED) is 0.758. The smallest absolute Gasteiger partial charge is 0.339 e. The maximum atomic E-state index is 12.8. The lowest BCUT2D eigenvalue weighted by atomic mass is 10.1. The van der Waals surface area contributed by atoms with E-state index in [9.17, 15) is 9.18 Å². The fourth-order valence-electron chi connectivity index (χ4n) is 1.46. The highest BCUT2D eigenvalue weighted by Gasteiger charge is 2.17. The second kappa shape index (κ2) is 2.83. The summed E-state index contributed by atoms with van der Waals surface area (Å²) in [6, 6.07) is 3.79. The van der Waals surface area contributed by atoms with Crippen molar-refractivity contribution in [1.29, 1.82) is 0 Å². The van der Waals surface area contributed by atoms with Crippen molar-refractivity contribution >= 4 is 16.9 Å². The summed E-state index contributed by atoms with van der Waals surface area (Å²) in [5.41, 5.74) is 0.361. The van der Waals surface area contributed by atoms with Gasteiger partial charge >= 0.3 is 5.97 Å². The number of halogens is 1. The third-order valence-electron chi connectivity index (χ3n) is 2.04. The van der Waals surface area contributed by atoms with Crippen molar-refractivity contribution in [2.45, 2.75) is 6.92 Å². The molecule has 0 fully saturated rings. The molecular formula is C10H7FO3. The van der Waals surface area contributed by atoms with Gasteiger partial charge in [0.25, 0.3) is 0 Å². The first kappa shape index (κ1) is 8.74. The summed E-state index contributed by atoms with van der Waals surface area (Å²) in [6.07, 6.45) is 0. The van der Waals surface area contributed by atoms with Crippen LogP contribution in [0, 0.1) is 12.7 Å². The number of fused-ring (bicyclic) bond motifs is 1. The lowest BCUT2D eigenvalue weighted by Crippen LogP contribution is -1.96. The second-order valence-electron chi connectivity index (χ2n) is 2.98. The first-order chi connectivity index (χ1) is 6.59. The molecule has 1 aromatic heterocycles. The van der Waals surface area contributed by atoms with Crippen LogP contribution >= 0.6 is 0 Å². The third-order valence-corrected chi connectivity index (χ3v) is 2.04. The van der Waals surface area contributed by atoms with Crippen LogP contribution in [-0.2, 0) is 0 Å². The molecule has 0 spiro atoms. The van der Waals surface area contributed by atoms with Crippen molar-refractivity contribution in [3.8, 4) is 0 Å². The van der Waals surface area contributed by atoms with Gasteiger partial charge in [0.05, 0.1) is 0 Å². The van der Waals surface area contributed by atoms with Gasteiger partial charge in [0.2, 0.25) is 0 Å². The molecule has 2 aromatic rings. The monoisotopic (exact) mass is 194 g/mol. The van der Waals surface area contributed by atoms with Crippen LogP contribution in [0.2, 0.25) is 0 Å². The number of aryl methyl sites for hydroxylation is 1. The van der Waals surface area contributed by atoms with E-state index in [-0.39, 0.29) is 16.9 Å². The van der Waals surface area contributed by atoms with Crippen LogP contribution < -0.4 is 0 Å². The van der Waals surface area contributed by atoms with Crippen LogP contribution in [0.4, 0.5) is 4.39 Å². The summed E-state index contributed by atoms with van der Waals surface area (Å²) in [7, 11) is 0. The van der Waals surface area contributed by atoms with Gasteiger partial charge in [-0.15, -0.1) is 0 Å². The molecule has 0 bridgehead atoms. The Balaban J connectivity index is 2.84. The number of hydrogen-bond donors (Lipinski definition) is 1. The van der Waals surface area contributed by atoms with Gasteiger partial charge in [-0.2, -0.15) is 0 Å². The summed E-state index contributed by atoms with van der Waals surface area (Å²) in [5.74, 6) is -1.21. The van der Waals surface area contributed by atoms with Crippen molar-refractivity contribution in [1.82, 2.24) is 0 Å². The number of aromatic carboxylic acids is 1. The minimum absolute atomic E-state index is 0.0972. The predicted octanol–water partition coefficient (Wildman–Crippen LogP) is 2.58. The van der Waals surface area contributed by atoms with Crippen molar-refractivity contribution < 1.29 is 18.7 Å². The van der Waals surface area contributed by atoms with E-state index in [2.05, 4.69) is 0 Å². The van der Waals surface area contributed by atoms with E-state index in [4.69, 9.17) is 9.52 Å². The molecule has 0 saturated carbocycles. The van der Waals surface area contributed by atoms with E-state index in [0.29, 0.717) is 5.39 Å². The van der Waals surface area contributed by atoms with E-state index >= 15 is 0 Å². The minimum atomic E-state index is -1.06. The van der Waals surface area contributed by atoms with Crippen molar-refractivity contribution in [2.75, 3.05) is 0 Å². The van der Waals surface area contributed by atoms with Crippen LogP contribution in [0.3, 0.4) is 0 Å².